The Labute approximate surface area is 78.9 Å². The minimum Gasteiger partial charge on any atom is -0.378 e. The van der Waals surface area contributed by atoms with Crippen molar-refractivity contribution in [3.05, 3.63) is 0 Å². The van der Waals surface area contributed by atoms with Gasteiger partial charge in [-0.25, -0.2) is 13.1 Å². The third-order valence-electron chi connectivity index (χ3n) is 1.81. The highest BCUT2D eigenvalue weighted by Gasteiger charge is 2.18. The summed E-state index contributed by atoms with van der Waals surface area (Å²) in [5, 5.41) is 3.09. The molecular formula is C7H16N2O3S. The van der Waals surface area contributed by atoms with Crippen LogP contribution in [0.3, 0.4) is 0 Å². The second-order valence-corrected chi connectivity index (χ2v) is 4.93. The maximum Gasteiger partial charge on any atom is 0.212 e. The van der Waals surface area contributed by atoms with E-state index in [0.29, 0.717) is 32.3 Å². The predicted octanol–water partition coefficient (Wildman–Crippen LogP) is -1.09. The van der Waals surface area contributed by atoms with Crippen molar-refractivity contribution >= 4 is 10.0 Å². The van der Waals surface area contributed by atoms with Crippen LogP contribution in [0.25, 0.3) is 0 Å². The molecule has 13 heavy (non-hydrogen) atoms. The Morgan fingerprint density at radius 3 is 2.62 bits per heavy atom. The van der Waals surface area contributed by atoms with Crippen molar-refractivity contribution in [1.29, 1.82) is 0 Å². The minimum absolute atomic E-state index is 0.136. The second kappa shape index (κ2) is 4.90. The van der Waals surface area contributed by atoms with Gasteiger partial charge in [0.1, 0.15) is 0 Å². The minimum atomic E-state index is -3.06. The van der Waals surface area contributed by atoms with E-state index in [2.05, 4.69) is 10.0 Å². The molecule has 0 radical (unpaired) electrons. The molecule has 1 aliphatic heterocycles. The molecule has 1 heterocycles. The smallest absolute Gasteiger partial charge is 0.212 e. The van der Waals surface area contributed by atoms with Crippen LogP contribution in [0, 0.1) is 0 Å². The van der Waals surface area contributed by atoms with Crippen molar-refractivity contribution in [2.75, 3.05) is 32.1 Å². The van der Waals surface area contributed by atoms with Crippen molar-refractivity contribution in [3.8, 4) is 0 Å². The highest BCUT2D eigenvalue weighted by Crippen LogP contribution is 1.98. The van der Waals surface area contributed by atoms with E-state index in [0.717, 1.165) is 0 Å². The monoisotopic (exact) mass is 208 g/mol. The molecule has 0 spiro atoms. The fraction of sp³-hybridized carbons (Fsp3) is 1.00. The molecule has 0 atom stereocenters. The zero-order valence-electron chi connectivity index (χ0n) is 7.75. The van der Waals surface area contributed by atoms with Crippen LogP contribution in [0.15, 0.2) is 0 Å². The maximum absolute atomic E-state index is 11.1. The van der Waals surface area contributed by atoms with Gasteiger partial charge in [0.25, 0.3) is 0 Å². The predicted molar refractivity (Wildman–Crippen MR) is 50.1 cm³/mol. The zero-order chi connectivity index (χ0) is 9.73. The summed E-state index contributed by atoms with van der Waals surface area (Å²) < 4.78 is 29.6. The van der Waals surface area contributed by atoms with E-state index in [-0.39, 0.29) is 5.75 Å². The molecule has 1 rings (SSSR count). The molecule has 1 saturated heterocycles. The summed E-state index contributed by atoms with van der Waals surface area (Å²) in [6, 6.07) is 0.344. The maximum atomic E-state index is 11.1. The summed E-state index contributed by atoms with van der Waals surface area (Å²) in [4.78, 5) is 0. The molecule has 0 aliphatic carbocycles. The Balaban J connectivity index is 2.09. The van der Waals surface area contributed by atoms with Crippen LogP contribution < -0.4 is 10.0 Å². The van der Waals surface area contributed by atoms with Gasteiger partial charge in [0.2, 0.25) is 10.0 Å². The lowest BCUT2D eigenvalue weighted by atomic mass is 10.3. The fourth-order valence-electron chi connectivity index (χ4n) is 1.04. The lowest BCUT2D eigenvalue weighted by Crippen LogP contribution is -2.47. The highest BCUT2D eigenvalue weighted by molar-refractivity contribution is 7.89. The Hall–Kier alpha value is -0.170. The second-order valence-electron chi connectivity index (χ2n) is 3.01. The molecule has 0 amide bonds. The topological polar surface area (TPSA) is 67.4 Å². The lowest BCUT2D eigenvalue weighted by Gasteiger charge is -2.26. The van der Waals surface area contributed by atoms with E-state index in [4.69, 9.17) is 4.74 Å². The van der Waals surface area contributed by atoms with Gasteiger partial charge in [-0.15, -0.1) is 0 Å². The molecule has 0 aromatic carbocycles. The van der Waals surface area contributed by atoms with Gasteiger partial charge in [-0.3, -0.25) is 0 Å². The molecule has 0 saturated carbocycles. The van der Waals surface area contributed by atoms with Crippen molar-refractivity contribution < 1.29 is 13.2 Å². The van der Waals surface area contributed by atoms with E-state index in [1.165, 1.54) is 0 Å². The largest absolute Gasteiger partial charge is 0.378 e. The molecule has 0 aromatic heterocycles. The van der Waals surface area contributed by atoms with E-state index in [9.17, 15) is 8.42 Å². The van der Waals surface area contributed by atoms with Gasteiger partial charge in [0.05, 0.1) is 25.0 Å². The first-order valence-electron chi connectivity index (χ1n) is 4.42. The van der Waals surface area contributed by atoms with Gasteiger partial charge < -0.3 is 10.1 Å². The van der Waals surface area contributed by atoms with Crippen molar-refractivity contribution in [1.82, 2.24) is 10.0 Å². The highest BCUT2D eigenvalue weighted by atomic mass is 32.2. The molecule has 6 heteroatoms. The van der Waals surface area contributed by atoms with E-state index >= 15 is 0 Å². The van der Waals surface area contributed by atoms with E-state index < -0.39 is 10.0 Å². The third-order valence-corrected chi connectivity index (χ3v) is 3.28. The van der Waals surface area contributed by atoms with Crippen molar-refractivity contribution in [2.45, 2.75) is 13.0 Å². The van der Waals surface area contributed by atoms with Crippen LogP contribution in [0.4, 0.5) is 0 Å². The van der Waals surface area contributed by atoms with Crippen LogP contribution in [0.1, 0.15) is 6.92 Å². The number of ether oxygens (including phenoxy) is 1. The molecule has 2 N–H and O–H groups in total. The van der Waals surface area contributed by atoms with Crippen LogP contribution in [0.5, 0.6) is 0 Å². The molecule has 78 valence electrons. The van der Waals surface area contributed by atoms with Gasteiger partial charge in [0, 0.05) is 13.1 Å². The van der Waals surface area contributed by atoms with Gasteiger partial charge in [-0.1, -0.05) is 6.92 Å². The lowest BCUT2D eigenvalue weighted by molar-refractivity contribution is -0.00411. The first kappa shape index (κ1) is 10.9. The number of hydrogen-bond donors (Lipinski definition) is 2. The average molecular weight is 208 g/mol. The van der Waals surface area contributed by atoms with Gasteiger partial charge in [0.15, 0.2) is 0 Å². The number of hydrogen-bond acceptors (Lipinski definition) is 4. The first-order valence-corrected chi connectivity index (χ1v) is 6.08. The Kier molecular flexibility index (Phi) is 4.11. The summed E-state index contributed by atoms with van der Waals surface area (Å²) in [6.07, 6.45) is 0. The van der Waals surface area contributed by atoms with Crippen LogP contribution in [-0.2, 0) is 14.8 Å². The molecular weight excluding hydrogens is 192 g/mol. The summed E-state index contributed by atoms with van der Waals surface area (Å²) in [5.74, 6) is 0.136. The number of rotatable bonds is 6. The van der Waals surface area contributed by atoms with Gasteiger partial charge >= 0.3 is 0 Å². The zero-order valence-corrected chi connectivity index (χ0v) is 8.56. The van der Waals surface area contributed by atoms with Crippen LogP contribution in [0.2, 0.25) is 0 Å². The SMILES string of the molecule is CCNS(=O)(=O)CCNC1COC1. The Morgan fingerprint density at radius 2 is 2.15 bits per heavy atom. The molecule has 1 aliphatic rings. The summed E-state index contributed by atoms with van der Waals surface area (Å²) in [5.41, 5.74) is 0. The molecule has 1 fully saturated rings. The van der Waals surface area contributed by atoms with E-state index in [1.807, 2.05) is 0 Å². The summed E-state index contributed by atoms with van der Waals surface area (Å²) >= 11 is 0. The number of nitrogens with one attached hydrogen (secondary N) is 2. The van der Waals surface area contributed by atoms with Crippen molar-refractivity contribution in [2.24, 2.45) is 0 Å². The molecule has 0 aromatic rings. The van der Waals surface area contributed by atoms with Gasteiger partial charge in [-0.05, 0) is 0 Å². The van der Waals surface area contributed by atoms with E-state index in [1.54, 1.807) is 6.92 Å². The molecule has 0 unspecified atom stereocenters. The van der Waals surface area contributed by atoms with Crippen LogP contribution in [-0.4, -0.2) is 46.5 Å². The molecule has 5 nitrogen and oxygen atoms in total. The quantitative estimate of drug-likeness (QED) is 0.582. The fourth-order valence-corrected chi connectivity index (χ4v) is 2.01. The Bertz CT molecular complexity index is 236. The third kappa shape index (κ3) is 4.04. The standard InChI is InChI=1S/C7H16N2O3S/c1-2-9-13(10,11)4-3-8-7-5-12-6-7/h7-9H,2-6H2,1H3. The summed E-state index contributed by atoms with van der Waals surface area (Å²) in [7, 11) is -3.06. The van der Waals surface area contributed by atoms with Crippen molar-refractivity contribution in [3.63, 3.8) is 0 Å². The normalized spacial score (nSPS) is 18.5. The first-order chi connectivity index (χ1) is 6.14. The molecule has 0 bridgehead atoms. The number of sulfonamides is 1. The summed E-state index contributed by atoms with van der Waals surface area (Å²) in [6.45, 7) is 4.10. The average Bonchev–Trinajstić information content (AvgIpc) is 1.94. The van der Waals surface area contributed by atoms with Gasteiger partial charge in [-0.2, -0.15) is 0 Å². The van der Waals surface area contributed by atoms with Crippen LogP contribution >= 0.6 is 0 Å². The Morgan fingerprint density at radius 1 is 1.46 bits per heavy atom.